The second-order valence-electron chi connectivity index (χ2n) is 14.0. The van der Waals surface area contributed by atoms with Crippen molar-refractivity contribution in [1.82, 2.24) is 0 Å². The lowest BCUT2D eigenvalue weighted by Crippen LogP contribution is -2.41. The maximum Gasteiger partial charge on any atom is 0.305 e. The fourth-order valence-corrected chi connectivity index (χ4v) is 7.39. The molecule has 1 fully saturated rings. The van der Waals surface area contributed by atoms with Crippen molar-refractivity contribution in [3.63, 3.8) is 0 Å². The van der Waals surface area contributed by atoms with E-state index in [9.17, 15) is 14.7 Å². The summed E-state index contributed by atoms with van der Waals surface area (Å²) in [6.45, 7) is 9.37. The normalized spacial score (nSPS) is 26.4. The Kier molecular flexibility index (Phi) is 14.3. The molecular weight excluding hydrogens is 520 g/mol. The number of rotatable bonds is 19. The van der Waals surface area contributed by atoms with Gasteiger partial charge in [-0.2, -0.15) is 0 Å². The summed E-state index contributed by atoms with van der Waals surface area (Å²) >= 11 is 0. The summed E-state index contributed by atoms with van der Waals surface area (Å²) in [4.78, 5) is 24.1. The molecule has 236 valence electrons. The molecule has 3 rings (SSSR count). The highest BCUT2D eigenvalue weighted by atomic mass is 16.5. The lowest BCUT2D eigenvalue weighted by molar-refractivity contribution is -0.144. The van der Waals surface area contributed by atoms with Gasteiger partial charge >= 0.3 is 5.97 Å². The summed E-state index contributed by atoms with van der Waals surface area (Å²) in [5.74, 6) is 0.0695. The summed E-state index contributed by atoms with van der Waals surface area (Å²) in [6, 6.07) is 0. The van der Waals surface area contributed by atoms with Crippen LogP contribution in [0.3, 0.4) is 0 Å². The van der Waals surface area contributed by atoms with Crippen LogP contribution in [0.15, 0.2) is 46.6 Å². The third-order valence-corrected chi connectivity index (χ3v) is 10.5. The van der Waals surface area contributed by atoms with E-state index in [0.29, 0.717) is 25.0 Å². The first-order valence-electron chi connectivity index (χ1n) is 17.3. The number of carbonyl (C=O) groups excluding carboxylic acids is 2. The van der Waals surface area contributed by atoms with Gasteiger partial charge in [-0.25, -0.2) is 0 Å². The van der Waals surface area contributed by atoms with Gasteiger partial charge in [-0.3, -0.25) is 9.59 Å². The Bertz CT molecular complexity index is 1000. The monoisotopic (exact) mass is 580 g/mol. The molecule has 0 radical (unpaired) electrons. The Morgan fingerprint density at radius 2 is 1.60 bits per heavy atom. The Morgan fingerprint density at radius 1 is 0.952 bits per heavy atom. The number of aliphatic hydroxyl groups excluding tert-OH is 1. The molecule has 0 heterocycles. The average Bonchev–Trinajstić information content (AvgIpc) is 3.27. The molecule has 3 aliphatic rings. The molecule has 0 aromatic carbocycles. The highest BCUT2D eigenvalue weighted by Crippen LogP contribution is 2.61. The van der Waals surface area contributed by atoms with Crippen molar-refractivity contribution in [2.45, 2.75) is 156 Å². The molecule has 3 aliphatic carbocycles. The van der Waals surface area contributed by atoms with Crippen LogP contribution in [0.25, 0.3) is 0 Å². The lowest BCUT2D eigenvalue weighted by atomic mass is 9.57. The van der Waals surface area contributed by atoms with Crippen LogP contribution in [0, 0.1) is 16.7 Å². The van der Waals surface area contributed by atoms with E-state index in [1.54, 1.807) is 0 Å². The van der Waals surface area contributed by atoms with Crippen molar-refractivity contribution in [2.24, 2.45) is 16.7 Å². The van der Waals surface area contributed by atoms with Crippen molar-refractivity contribution >= 4 is 12.3 Å². The zero-order valence-electron chi connectivity index (χ0n) is 27.4. The molecule has 0 aliphatic heterocycles. The molecule has 4 nitrogen and oxygen atoms in total. The van der Waals surface area contributed by atoms with Crippen LogP contribution in [0.4, 0.5) is 0 Å². The van der Waals surface area contributed by atoms with Crippen molar-refractivity contribution in [1.29, 1.82) is 0 Å². The number of allylic oxidation sites excluding steroid dienone is 5. The van der Waals surface area contributed by atoms with Gasteiger partial charge in [0, 0.05) is 24.2 Å². The van der Waals surface area contributed by atoms with Crippen LogP contribution in [-0.4, -0.2) is 30.1 Å². The second kappa shape index (κ2) is 17.4. The number of hydrogen-bond acceptors (Lipinski definition) is 4. The third-order valence-electron chi connectivity index (χ3n) is 10.5. The van der Waals surface area contributed by atoms with Gasteiger partial charge in [-0.15, -0.1) is 0 Å². The summed E-state index contributed by atoms with van der Waals surface area (Å²) in [5.41, 5.74) is 4.32. The minimum atomic E-state index is -0.568. The van der Waals surface area contributed by atoms with E-state index in [2.05, 4.69) is 45.9 Å². The largest absolute Gasteiger partial charge is 0.465 e. The van der Waals surface area contributed by atoms with Crippen LogP contribution in [0.2, 0.25) is 0 Å². The predicted molar refractivity (Wildman–Crippen MR) is 174 cm³/mol. The number of aldehydes is 1. The van der Waals surface area contributed by atoms with Crippen LogP contribution in [-0.2, 0) is 14.3 Å². The smallest absolute Gasteiger partial charge is 0.305 e. The summed E-state index contributed by atoms with van der Waals surface area (Å²) < 4.78 is 5.78. The van der Waals surface area contributed by atoms with E-state index in [1.807, 2.05) is 6.08 Å². The van der Waals surface area contributed by atoms with Crippen molar-refractivity contribution in [2.75, 3.05) is 6.61 Å². The topological polar surface area (TPSA) is 63.6 Å². The van der Waals surface area contributed by atoms with Crippen LogP contribution >= 0.6 is 0 Å². The van der Waals surface area contributed by atoms with E-state index >= 15 is 0 Å². The molecule has 0 aromatic heterocycles. The molecule has 0 unspecified atom stereocenters. The molecule has 0 bridgehead atoms. The van der Waals surface area contributed by atoms with Gasteiger partial charge in [0.15, 0.2) is 0 Å². The van der Waals surface area contributed by atoms with Crippen molar-refractivity contribution in [3.8, 4) is 0 Å². The van der Waals surface area contributed by atoms with Crippen LogP contribution in [0.5, 0.6) is 0 Å². The van der Waals surface area contributed by atoms with Gasteiger partial charge in [0.1, 0.15) is 6.29 Å². The molecule has 1 N–H and O–H groups in total. The van der Waals surface area contributed by atoms with Gasteiger partial charge in [0.25, 0.3) is 0 Å². The molecule has 4 heteroatoms. The first-order chi connectivity index (χ1) is 20.2. The maximum atomic E-state index is 12.5. The Hall–Kier alpha value is -1.94. The third kappa shape index (κ3) is 9.53. The first-order valence-corrected chi connectivity index (χ1v) is 17.3. The van der Waals surface area contributed by atoms with E-state index in [1.165, 1.54) is 87.3 Å². The van der Waals surface area contributed by atoms with Gasteiger partial charge in [0.2, 0.25) is 0 Å². The number of esters is 1. The molecule has 1 saturated carbocycles. The summed E-state index contributed by atoms with van der Waals surface area (Å²) in [6.07, 6.45) is 30.2. The Morgan fingerprint density at radius 3 is 2.26 bits per heavy atom. The number of fused-ring (bicyclic) bond motifs is 3. The molecule has 42 heavy (non-hydrogen) atoms. The van der Waals surface area contributed by atoms with E-state index < -0.39 is 6.10 Å². The first kappa shape index (κ1) is 34.5. The summed E-state index contributed by atoms with van der Waals surface area (Å²) in [7, 11) is 0. The van der Waals surface area contributed by atoms with Gasteiger partial charge in [-0.05, 0) is 79.9 Å². The minimum absolute atomic E-state index is 0.0815. The van der Waals surface area contributed by atoms with Crippen molar-refractivity contribution < 1.29 is 19.4 Å². The van der Waals surface area contributed by atoms with Gasteiger partial charge < -0.3 is 9.84 Å². The maximum absolute atomic E-state index is 12.5. The highest BCUT2D eigenvalue weighted by molar-refractivity contribution is 5.75. The fourth-order valence-electron chi connectivity index (χ4n) is 7.39. The highest BCUT2D eigenvalue weighted by Gasteiger charge is 2.51. The van der Waals surface area contributed by atoms with Crippen LogP contribution in [0.1, 0.15) is 150 Å². The molecule has 0 saturated heterocycles. The number of ether oxygens (including phenoxy) is 1. The summed E-state index contributed by atoms with van der Waals surface area (Å²) in [5, 5.41) is 11.1. The standard InChI is InChI=1S/C38H60O4/c1-5-6-7-8-9-10-11-12-13-14-15-16-17-18-19-20-35(41)42-29-30(2)32-23-24-37(3)25-26-38(4)33(36(32)37)22-21-31(28-39)27-34(38)40/h12-13,21-22,28,30,34,40H,5-11,14-20,23-27,29H2,1-4H3/b13-12-/t30-,34+,37-,38-/m1/s1. The Balaban J connectivity index is 1.37. The lowest BCUT2D eigenvalue weighted by Gasteiger charge is -2.48. The average molecular weight is 581 g/mol. The molecule has 4 atom stereocenters. The van der Waals surface area contributed by atoms with E-state index in [4.69, 9.17) is 4.74 Å². The Labute approximate surface area is 257 Å². The number of hydrogen-bond donors (Lipinski definition) is 1. The molecule has 0 aromatic rings. The van der Waals surface area contributed by atoms with Crippen molar-refractivity contribution in [3.05, 3.63) is 46.6 Å². The number of aliphatic hydroxyl groups is 1. The molecular formula is C38H60O4. The van der Waals surface area contributed by atoms with Crippen LogP contribution < -0.4 is 0 Å². The quantitative estimate of drug-likeness (QED) is 0.0715. The zero-order valence-corrected chi connectivity index (χ0v) is 27.4. The predicted octanol–water partition coefficient (Wildman–Crippen LogP) is 9.92. The fraction of sp³-hybridized carbons (Fsp3) is 0.737. The van der Waals surface area contributed by atoms with Gasteiger partial charge in [0.05, 0.1) is 12.7 Å². The molecule has 0 amide bonds. The number of carbonyl (C=O) groups is 2. The molecule has 0 spiro atoms. The van der Waals surface area contributed by atoms with Gasteiger partial charge in [-0.1, -0.05) is 109 Å². The number of unbranched alkanes of at least 4 members (excludes halogenated alkanes) is 11. The second-order valence-corrected chi connectivity index (χ2v) is 14.0. The SMILES string of the molecule is CCCCCCCC/C=C\CCCCCCCC(=O)OC[C@@H](C)C1=C2C3=CC=C(C=O)C[C@H](O)[C@]3(C)CC[C@@]2(C)CC1. The van der Waals surface area contributed by atoms with E-state index in [-0.39, 0.29) is 22.7 Å². The van der Waals surface area contributed by atoms with E-state index in [0.717, 1.165) is 44.8 Å². The zero-order chi connectivity index (χ0) is 30.4. The minimum Gasteiger partial charge on any atom is -0.465 e.